The summed E-state index contributed by atoms with van der Waals surface area (Å²) in [5, 5.41) is 0.271. The Kier molecular flexibility index (Phi) is 5.89. The molecule has 0 unspecified atom stereocenters. The highest BCUT2D eigenvalue weighted by Crippen LogP contribution is 2.29. The van der Waals surface area contributed by atoms with E-state index in [0.29, 0.717) is 45.0 Å². The van der Waals surface area contributed by atoms with E-state index in [1.807, 2.05) is 6.92 Å². The Hall–Kier alpha value is -1.31. The molecule has 0 N–H and O–H groups in total. The maximum Gasteiger partial charge on any atom is 0.243 e. The van der Waals surface area contributed by atoms with Crippen LogP contribution in [0.5, 0.6) is 5.75 Å². The number of carbonyl (C=O) groups is 1. The molecule has 1 heterocycles. The summed E-state index contributed by atoms with van der Waals surface area (Å²) in [6.45, 7) is 5.50. The number of carbonyl (C=O) groups excluding carboxylic acids is 1. The lowest BCUT2D eigenvalue weighted by Crippen LogP contribution is -2.50. The Balaban J connectivity index is 2.13. The van der Waals surface area contributed by atoms with Crippen molar-refractivity contribution in [3.8, 4) is 5.75 Å². The molecule has 0 bridgehead atoms. The summed E-state index contributed by atoms with van der Waals surface area (Å²) in [5.41, 5.74) is 0. The minimum Gasteiger partial charge on any atom is -0.492 e. The average molecular weight is 361 g/mol. The van der Waals surface area contributed by atoms with Crippen molar-refractivity contribution in [1.29, 1.82) is 0 Å². The van der Waals surface area contributed by atoms with Crippen LogP contribution in [0.3, 0.4) is 0 Å². The van der Waals surface area contributed by atoms with E-state index in [0.717, 1.165) is 0 Å². The van der Waals surface area contributed by atoms with Crippen LogP contribution in [0, 0.1) is 0 Å². The van der Waals surface area contributed by atoms with Gasteiger partial charge in [-0.1, -0.05) is 18.5 Å². The number of nitrogens with zero attached hydrogens (tertiary/aromatic N) is 2. The largest absolute Gasteiger partial charge is 0.492 e. The van der Waals surface area contributed by atoms with Crippen LogP contribution in [0.2, 0.25) is 5.02 Å². The predicted octanol–water partition coefficient (Wildman–Crippen LogP) is 1.98. The van der Waals surface area contributed by atoms with Gasteiger partial charge in [-0.15, -0.1) is 0 Å². The van der Waals surface area contributed by atoms with E-state index in [9.17, 15) is 13.2 Å². The van der Waals surface area contributed by atoms with Crippen molar-refractivity contribution in [3.63, 3.8) is 0 Å². The quantitative estimate of drug-likeness (QED) is 0.805. The second-order valence-electron chi connectivity index (χ2n) is 5.16. The van der Waals surface area contributed by atoms with E-state index < -0.39 is 10.0 Å². The van der Waals surface area contributed by atoms with Crippen LogP contribution in [0.4, 0.5) is 0 Å². The monoisotopic (exact) mass is 360 g/mol. The first-order chi connectivity index (χ1) is 10.9. The second-order valence-corrected chi connectivity index (χ2v) is 7.51. The molecule has 2 rings (SSSR count). The fourth-order valence-corrected chi connectivity index (χ4v) is 4.21. The molecule has 1 aliphatic rings. The minimum absolute atomic E-state index is 0.0474. The summed E-state index contributed by atoms with van der Waals surface area (Å²) in [6, 6.07) is 4.47. The standard InChI is InChI=1S/C15H21ClN2O4S/c1-3-15(19)17-7-9-18(10-8-17)23(20,21)12-5-6-14(22-4-2)13(16)11-12/h5-6,11H,3-4,7-10H2,1-2H3. The maximum absolute atomic E-state index is 12.7. The summed E-state index contributed by atoms with van der Waals surface area (Å²) < 4.78 is 32.1. The summed E-state index contributed by atoms with van der Waals surface area (Å²) in [7, 11) is -3.62. The van der Waals surface area contributed by atoms with Crippen LogP contribution < -0.4 is 4.74 Å². The average Bonchev–Trinajstić information content (AvgIpc) is 2.56. The molecule has 1 aromatic rings. The van der Waals surface area contributed by atoms with Crippen LogP contribution in [-0.2, 0) is 14.8 Å². The molecular formula is C15H21ClN2O4S. The van der Waals surface area contributed by atoms with E-state index in [1.165, 1.54) is 16.4 Å². The highest BCUT2D eigenvalue weighted by molar-refractivity contribution is 7.89. The molecule has 1 aromatic carbocycles. The molecule has 0 radical (unpaired) electrons. The molecule has 23 heavy (non-hydrogen) atoms. The second kappa shape index (κ2) is 7.51. The van der Waals surface area contributed by atoms with Gasteiger partial charge in [0.25, 0.3) is 0 Å². The van der Waals surface area contributed by atoms with Gasteiger partial charge in [0, 0.05) is 32.6 Å². The van der Waals surface area contributed by atoms with Crippen LogP contribution in [0.25, 0.3) is 0 Å². The molecule has 128 valence electrons. The maximum atomic E-state index is 12.7. The Labute approximate surface area is 142 Å². The molecule has 1 aliphatic heterocycles. The minimum atomic E-state index is -3.62. The molecule has 0 aliphatic carbocycles. The lowest BCUT2D eigenvalue weighted by atomic mass is 10.3. The number of amides is 1. The molecule has 1 fully saturated rings. The van der Waals surface area contributed by atoms with Crippen molar-refractivity contribution >= 4 is 27.5 Å². The van der Waals surface area contributed by atoms with Gasteiger partial charge in [-0.25, -0.2) is 8.42 Å². The SMILES string of the molecule is CCOc1ccc(S(=O)(=O)N2CCN(C(=O)CC)CC2)cc1Cl. The molecular weight excluding hydrogens is 340 g/mol. The molecule has 0 aromatic heterocycles. The Morgan fingerprint density at radius 1 is 1.22 bits per heavy atom. The molecule has 6 nitrogen and oxygen atoms in total. The first-order valence-electron chi connectivity index (χ1n) is 7.60. The lowest BCUT2D eigenvalue weighted by molar-refractivity contribution is -0.132. The summed E-state index contributed by atoms with van der Waals surface area (Å²) in [4.78, 5) is 13.5. The smallest absolute Gasteiger partial charge is 0.243 e. The highest BCUT2D eigenvalue weighted by Gasteiger charge is 2.30. The van der Waals surface area contributed by atoms with Crippen molar-refractivity contribution < 1.29 is 17.9 Å². The number of ether oxygens (including phenoxy) is 1. The van der Waals surface area contributed by atoms with E-state index >= 15 is 0 Å². The van der Waals surface area contributed by atoms with Gasteiger partial charge in [0.15, 0.2) is 0 Å². The summed E-state index contributed by atoms with van der Waals surface area (Å²) in [6.07, 6.45) is 0.432. The van der Waals surface area contributed by atoms with Crippen molar-refractivity contribution in [2.24, 2.45) is 0 Å². The third-order valence-corrected chi connectivity index (χ3v) is 5.92. The number of sulfonamides is 1. The van der Waals surface area contributed by atoms with Gasteiger partial charge < -0.3 is 9.64 Å². The molecule has 0 saturated carbocycles. The highest BCUT2D eigenvalue weighted by atomic mass is 35.5. The fraction of sp³-hybridized carbons (Fsp3) is 0.533. The van der Waals surface area contributed by atoms with E-state index in [4.69, 9.17) is 16.3 Å². The molecule has 1 saturated heterocycles. The summed E-state index contributed by atoms with van der Waals surface area (Å²) >= 11 is 6.08. The van der Waals surface area contributed by atoms with Gasteiger partial charge in [-0.2, -0.15) is 4.31 Å². The van der Waals surface area contributed by atoms with Gasteiger partial charge in [0.05, 0.1) is 16.5 Å². The number of benzene rings is 1. The third kappa shape index (κ3) is 3.97. The van der Waals surface area contributed by atoms with Gasteiger partial charge >= 0.3 is 0 Å². The first-order valence-corrected chi connectivity index (χ1v) is 9.42. The lowest BCUT2D eigenvalue weighted by Gasteiger charge is -2.34. The zero-order valence-corrected chi connectivity index (χ0v) is 14.9. The van der Waals surface area contributed by atoms with Gasteiger partial charge in [0.1, 0.15) is 5.75 Å². The van der Waals surface area contributed by atoms with E-state index in [-0.39, 0.29) is 15.8 Å². The topological polar surface area (TPSA) is 66.9 Å². The van der Waals surface area contributed by atoms with Gasteiger partial charge in [0.2, 0.25) is 15.9 Å². The number of piperazine rings is 1. The molecule has 8 heteroatoms. The number of hydrogen-bond acceptors (Lipinski definition) is 4. The van der Waals surface area contributed by atoms with Gasteiger partial charge in [-0.3, -0.25) is 4.79 Å². The van der Waals surface area contributed by atoms with Gasteiger partial charge in [-0.05, 0) is 25.1 Å². The van der Waals surface area contributed by atoms with Crippen LogP contribution in [-0.4, -0.2) is 56.3 Å². The zero-order chi connectivity index (χ0) is 17.0. The van der Waals surface area contributed by atoms with E-state index in [2.05, 4.69) is 0 Å². The third-order valence-electron chi connectivity index (χ3n) is 3.73. The van der Waals surface area contributed by atoms with Crippen molar-refractivity contribution in [2.75, 3.05) is 32.8 Å². The molecule has 0 spiro atoms. The van der Waals surface area contributed by atoms with Crippen molar-refractivity contribution in [3.05, 3.63) is 23.2 Å². The Bertz CT molecular complexity index is 670. The predicted molar refractivity (Wildman–Crippen MR) is 88.3 cm³/mol. The number of halogens is 1. The first kappa shape index (κ1) is 18.0. The number of rotatable bonds is 5. The molecule has 0 atom stereocenters. The van der Waals surface area contributed by atoms with Crippen LogP contribution in [0.15, 0.2) is 23.1 Å². The summed E-state index contributed by atoms with van der Waals surface area (Å²) in [5.74, 6) is 0.512. The normalized spacial score (nSPS) is 16.4. The Morgan fingerprint density at radius 3 is 2.39 bits per heavy atom. The zero-order valence-electron chi connectivity index (χ0n) is 13.3. The Morgan fingerprint density at radius 2 is 1.87 bits per heavy atom. The van der Waals surface area contributed by atoms with Crippen LogP contribution in [0.1, 0.15) is 20.3 Å². The molecule has 1 amide bonds. The van der Waals surface area contributed by atoms with Crippen LogP contribution >= 0.6 is 11.6 Å². The van der Waals surface area contributed by atoms with E-state index in [1.54, 1.807) is 17.9 Å². The van der Waals surface area contributed by atoms with Crippen molar-refractivity contribution in [2.45, 2.75) is 25.2 Å². The van der Waals surface area contributed by atoms with Crippen molar-refractivity contribution in [1.82, 2.24) is 9.21 Å². The fourth-order valence-electron chi connectivity index (χ4n) is 2.47. The number of hydrogen-bond donors (Lipinski definition) is 0.